The number of anilines is 1. The van der Waals surface area contributed by atoms with Gasteiger partial charge in [-0.3, -0.25) is 28.6 Å². The molecule has 2 unspecified atom stereocenters. The van der Waals surface area contributed by atoms with E-state index >= 15 is 0 Å². The van der Waals surface area contributed by atoms with Crippen molar-refractivity contribution < 1.29 is 19.1 Å². The van der Waals surface area contributed by atoms with Gasteiger partial charge < -0.3 is 9.64 Å². The Balaban J connectivity index is 1.94. The third-order valence-electron chi connectivity index (χ3n) is 5.40. The van der Waals surface area contributed by atoms with Gasteiger partial charge in [0.15, 0.2) is 0 Å². The van der Waals surface area contributed by atoms with Gasteiger partial charge in [0.05, 0.1) is 17.8 Å². The fraction of sp³-hybridized carbons (Fsp3) is 0.381. The van der Waals surface area contributed by atoms with Crippen molar-refractivity contribution in [2.24, 2.45) is 0 Å². The van der Waals surface area contributed by atoms with Crippen LogP contribution in [-0.2, 0) is 14.3 Å². The molecule has 162 valence electrons. The van der Waals surface area contributed by atoms with Crippen LogP contribution in [0.5, 0.6) is 0 Å². The number of urea groups is 1. The number of barbiturate groups is 1. The summed E-state index contributed by atoms with van der Waals surface area (Å²) in [5.74, 6) is -1.16. The van der Waals surface area contributed by atoms with Gasteiger partial charge in [-0.25, -0.2) is 9.78 Å². The van der Waals surface area contributed by atoms with Crippen molar-refractivity contribution >= 4 is 35.4 Å². The lowest BCUT2D eigenvalue weighted by Crippen LogP contribution is -2.53. The predicted octanol–water partition coefficient (Wildman–Crippen LogP) is 0.742. The Morgan fingerprint density at radius 1 is 1.00 bits per heavy atom. The highest BCUT2D eigenvalue weighted by Crippen LogP contribution is 2.25. The summed E-state index contributed by atoms with van der Waals surface area (Å²) in [4.78, 5) is 59.1. The van der Waals surface area contributed by atoms with Crippen molar-refractivity contribution in [3.63, 3.8) is 0 Å². The maximum Gasteiger partial charge on any atom is 0.333 e. The van der Waals surface area contributed by atoms with Crippen LogP contribution in [0, 0.1) is 0 Å². The van der Waals surface area contributed by atoms with Crippen LogP contribution in [0.4, 0.5) is 10.6 Å². The van der Waals surface area contributed by atoms with E-state index in [-0.39, 0.29) is 23.3 Å². The van der Waals surface area contributed by atoms with E-state index in [0.717, 1.165) is 9.80 Å². The maximum absolute atomic E-state index is 13.4. The molecule has 2 aromatic heterocycles. The lowest BCUT2D eigenvalue weighted by Gasteiger charge is -2.36. The smallest absolute Gasteiger partial charge is 0.333 e. The number of hydrogen-bond acceptors (Lipinski definition) is 7. The van der Waals surface area contributed by atoms with Crippen LogP contribution in [-0.4, -0.2) is 76.4 Å². The number of nitrogens with zero attached hydrogens (tertiary/aromatic N) is 5. The molecule has 2 aliphatic rings. The van der Waals surface area contributed by atoms with Crippen molar-refractivity contribution in [1.29, 1.82) is 0 Å². The molecule has 2 saturated heterocycles. The second-order valence-corrected chi connectivity index (χ2v) is 7.81. The SMILES string of the molecule is CC1CN(c2nc3ccccn3c(=O)c2C=C2C(=O)N(C)C(=O)N(C)C2=O)CC(C)O1. The lowest BCUT2D eigenvalue weighted by atomic mass is 10.1. The topological polar surface area (TPSA) is 105 Å². The summed E-state index contributed by atoms with van der Waals surface area (Å²) in [5, 5.41) is 0. The van der Waals surface area contributed by atoms with E-state index in [0.29, 0.717) is 24.6 Å². The van der Waals surface area contributed by atoms with Gasteiger partial charge >= 0.3 is 6.03 Å². The second kappa shape index (κ2) is 7.62. The number of imide groups is 2. The first-order valence-corrected chi connectivity index (χ1v) is 9.92. The first-order chi connectivity index (χ1) is 14.7. The first kappa shape index (κ1) is 20.7. The van der Waals surface area contributed by atoms with E-state index in [9.17, 15) is 19.2 Å². The summed E-state index contributed by atoms with van der Waals surface area (Å²) in [6, 6.07) is 4.46. The highest BCUT2D eigenvalue weighted by Gasteiger charge is 2.38. The van der Waals surface area contributed by atoms with Crippen molar-refractivity contribution in [2.75, 3.05) is 32.1 Å². The van der Waals surface area contributed by atoms with Crippen LogP contribution in [0.1, 0.15) is 19.4 Å². The van der Waals surface area contributed by atoms with Crippen LogP contribution < -0.4 is 10.5 Å². The number of pyridine rings is 1. The molecule has 10 heteroatoms. The van der Waals surface area contributed by atoms with Gasteiger partial charge in [0.2, 0.25) is 0 Å². The number of amides is 4. The summed E-state index contributed by atoms with van der Waals surface area (Å²) >= 11 is 0. The van der Waals surface area contributed by atoms with Gasteiger partial charge in [0, 0.05) is 33.4 Å². The monoisotopic (exact) mass is 425 g/mol. The van der Waals surface area contributed by atoms with Crippen LogP contribution in [0.15, 0.2) is 34.8 Å². The zero-order valence-electron chi connectivity index (χ0n) is 17.7. The average molecular weight is 425 g/mol. The Kier molecular flexibility index (Phi) is 5.10. The standard InChI is InChI=1S/C21H23N5O5/c1-12-10-25(11-13(2)31-12)17-14(20(29)26-8-6-5-7-16(26)22-17)9-15-18(27)23(3)21(30)24(4)19(15)28/h5-9,12-13H,10-11H2,1-4H3. The minimum atomic E-state index is -0.764. The quantitative estimate of drug-likeness (QED) is 0.516. The Morgan fingerprint density at radius 3 is 2.23 bits per heavy atom. The Morgan fingerprint density at radius 2 is 1.61 bits per heavy atom. The molecule has 0 N–H and O–H groups in total. The summed E-state index contributed by atoms with van der Waals surface area (Å²) in [6.45, 7) is 4.85. The molecular weight excluding hydrogens is 402 g/mol. The largest absolute Gasteiger partial charge is 0.372 e. The van der Waals surface area contributed by atoms with Crippen LogP contribution >= 0.6 is 0 Å². The molecule has 2 aromatic rings. The lowest BCUT2D eigenvalue weighted by molar-refractivity contribution is -0.134. The summed E-state index contributed by atoms with van der Waals surface area (Å²) in [7, 11) is 2.58. The van der Waals surface area contributed by atoms with E-state index in [1.54, 1.807) is 24.4 Å². The third-order valence-corrected chi connectivity index (χ3v) is 5.40. The fourth-order valence-corrected chi connectivity index (χ4v) is 3.93. The summed E-state index contributed by atoms with van der Waals surface area (Å²) in [6.07, 6.45) is 2.65. The molecule has 4 heterocycles. The van der Waals surface area contributed by atoms with Crippen LogP contribution in [0.2, 0.25) is 0 Å². The molecule has 2 atom stereocenters. The van der Waals surface area contributed by atoms with Crippen LogP contribution in [0.25, 0.3) is 11.7 Å². The number of likely N-dealkylation sites (N-methyl/N-ethyl adjacent to an activating group) is 2. The van der Waals surface area contributed by atoms with Crippen LogP contribution in [0.3, 0.4) is 0 Å². The zero-order chi connectivity index (χ0) is 22.4. The van der Waals surface area contributed by atoms with Gasteiger partial charge in [0.1, 0.15) is 17.0 Å². The van der Waals surface area contributed by atoms with E-state index in [2.05, 4.69) is 4.98 Å². The number of carbonyl (C=O) groups excluding carboxylic acids is 3. The highest BCUT2D eigenvalue weighted by atomic mass is 16.5. The molecule has 0 saturated carbocycles. The van der Waals surface area contributed by atoms with Crippen molar-refractivity contribution in [1.82, 2.24) is 19.2 Å². The van der Waals surface area contributed by atoms with Gasteiger partial charge in [-0.05, 0) is 32.1 Å². The molecule has 2 fully saturated rings. The number of ether oxygens (including phenoxy) is 1. The third kappa shape index (κ3) is 3.48. The van der Waals surface area contributed by atoms with Gasteiger partial charge in [-0.1, -0.05) is 6.07 Å². The molecule has 0 aromatic carbocycles. The molecule has 0 spiro atoms. The molecule has 4 rings (SSSR count). The maximum atomic E-state index is 13.4. The number of fused-ring (bicyclic) bond motifs is 1. The average Bonchev–Trinajstić information content (AvgIpc) is 2.74. The summed E-state index contributed by atoms with van der Waals surface area (Å²) in [5.41, 5.74) is -0.127. The molecule has 0 bridgehead atoms. The minimum Gasteiger partial charge on any atom is -0.372 e. The Labute approximate surface area is 178 Å². The molecule has 31 heavy (non-hydrogen) atoms. The van der Waals surface area contributed by atoms with E-state index in [4.69, 9.17) is 4.74 Å². The highest BCUT2D eigenvalue weighted by molar-refractivity contribution is 6.30. The number of rotatable bonds is 2. The number of hydrogen-bond donors (Lipinski definition) is 0. The zero-order valence-corrected chi connectivity index (χ0v) is 17.7. The molecule has 4 amide bonds. The van der Waals surface area contributed by atoms with E-state index in [1.165, 1.54) is 24.6 Å². The van der Waals surface area contributed by atoms with E-state index in [1.807, 2.05) is 18.7 Å². The summed E-state index contributed by atoms with van der Waals surface area (Å²) < 4.78 is 7.15. The normalized spacial score (nSPS) is 22.5. The number of aromatic nitrogens is 2. The number of carbonyl (C=O) groups is 3. The minimum absolute atomic E-state index is 0.0897. The second-order valence-electron chi connectivity index (χ2n) is 7.81. The molecule has 0 aliphatic carbocycles. The fourth-order valence-electron chi connectivity index (χ4n) is 3.93. The predicted molar refractivity (Wildman–Crippen MR) is 113 cm³/mol. The Hall–Kier alpha value is -3.53. The molecule has 10 nitrogen and oxygen atoms in total. The van der Waals surface area contributed by atoms with Gasteiger partial charge in [-0.2, -0.15) is 0 Å². The van der Waals surface area contributed by atoms with Crippen molar-refractivity contribution in [3.05, 3.63) is 45.9 Å². The molecule has 0 radical (unpaired) electrons. The first-order valence-electron chi connectivity index (χ1n) is 9.92. The molecular formula is C21H23N5O5. The van der Waals surface area contributed by atoms with Crippen molar-refractivity contribution in [3.8, 4) is 0 Å². The van der Waals surface area contributed by atoms with Gasteiger partial charge in [-0.15, -0.1) is 0 Å². The van der Waals surface area contributed by atoms with Gasteiger partial charge in [0.25, 0.3) is 17.4 Å². The van der Waals surface area contributed by atoms with E-state index < -0.39 is 23.4 Å². The molecule has 2 aliphatic heterocycles. The van der Waals surface area contributed by atoms with Crippen molar-refractivity contribution in [2.45, 2.75) is 26.1 Å². The number of morpholine rings is 1. The Bertz CT molecular complexity index is 1150.